The molecular formula is C14H30O4S. The molecule has 0 rings (SSSR count). The first-order chi connectivity index (χ1) is 9.41. The lowest BCUT2D eigenvalue weighted by Crippen LogP contribution is -2.11. The van der Waals surface area contributed by atoms with Gasteiger partial charge in [0, 0.05) is 5.75 Å². The van der Waals surface area contributed by atoms with E-state index >= 15 is 0 Å². The largest absolute Gasteiger partial charge is 0.394 e. The van der Waals surface area contributed by atoms with Crippen LogP contribution in [0.1, 0.15) is 32.6 Å². The zero-order valence-electron chi connectivity index (χ0n) is 12.3. The molecule has 0 atom stereocenters. The standard InChI is InChI=1S/C14H30O4S/c1-2-3-4-5-13-19-14-12-18-11-10-17-9-8-16-7-6-15/h15H,2-14H2,1H3. The van der Waals surface area contributed by atoms with Crippen LogP contribution in [-0.2, 0) is 14.2 Å². The maximum absolute atomic E-state index is 8.48. The van der Waals surface area contributed by atoms with E-state index < -0.39 is 0 Å². The van der Waals surface area contributed by atoms with Crippen molar-refractivity contribution in [3.8, 4) is 0 Å². The van der Waals surface area contributed by atoms with Crippen molar-refractivity contribution < 1.29 is 19.3 Å². The van der Waals surface area contributed by atoms with Crippen molar-refractivity contribution in [2.24, 2.45) is 0 Å². The van der Waals surface area contributed by atoms with Crippen LogP contribution in [0.25, 0.3) is 0 Å². The lowest BCUT2D eigenvalue weighted by molar-refractivity contribution is 0.0100. The second-order valence-electron chi connectivity index (χ2n) is 4.23. The summed E-state index contributed by atoms with van der Waals surface area (Å²) in [7, 11) is 0. The maximum Gasteiger partial charge on any atom is 0.0701 e. The lowest BCUT2D eigenvalue weighted by Gasteiger charge is -2.06. The molecule has 0 aliphatic heterocycles. The molecule has 0 aromatic carbocycles. The first-order valence-electron chi connectivity index (χ1n) is 7.33. The van der Waals surface area contributed by atoms with Gasteiger partial charge in [-0.3, -0.25) is 0 Å². The molecule has 5 heteroatoms. The Morgan fingerprint density at radius 3 is 2.00 bits per heavy atom. The lowest BCUT2D eigenvalue weighted by atomic mass is 10.2. The van der Waals surface area contributed by atoms with E-state index in [1.54, 1.807) is 0 Å². The number of hydrogen-bond donors (Lipinski definition) is 1. The van der Waals surface area contributed by atoms with Crippen molar-refractivity contribution >= 4 is 11.8 Å². The van der Waals surface area contributed by atoms with E-state index in [9.17, 15) is 0 Å². The van der Waals surface area contributed by atoms with E-state index in [1.165, 1.54) is 31.4 Å². The summed E-state index contributed by atoms with van der Waals surface area (Å²) in [4.78, 5) is 0. The quantitative estimate of drug-likeness (QED) is 0.443. The summed E-state index contributed by atoms with van der Waals surface area (Å²) < 4.78 is 15.8. The third-order valence-electron chi connectivity index (χ3n) is 2.49. The van der Waals surface area contributed by atoms with Gasteiger partial charge in [-0.2, -0.15) is 11.8 Å². The second-order valence-corrected chi connectivity index (χ2v) is 5.46. The molecule has 4 nitrogen and oxygen atoms in total. The summed E-state index contributed by atoms with van der Waals surface area (Å²) in [6.45, 7) is 5.86. The van der Waals surface area contributed by atoms with Crippen LogP contribution in [0.5, 0.6) is 0 Å². The summed E-state index contributed by atoms with van der Waals surface area (Å²) in [5.74, 6) is 2.33. The minimum absolute atomic E-state index is 0.0687. The molecule has 0 spiro atoms. The minimum Gasteiger partial charge on any atom is -0.394 e. The number of ether oxygens (including phenoxy) is 3. The van der Waals surface area contributed by atoms with E-state index in [0.29, 0.717) is 33.0 Å². The number of unbranched alkanes of at least 4 members (excludes halogenated alkanes) is 3. The number of hydrogen-bond acceptors (Lipinski definition) is 5. The fourth-order valence-corrected chi connectivity index (χ4v) is 2.31. The molecule has 0 fully saturated rings. The highest BCUT2D eigenvalue weighted by Gasteiger charge is 1.93. The molecule has 0 aromatic rings. The second kappa shape index (κ2) is 18.2. The average molecular weight is 294 g/mol. The first kappa shape index (κ1) is 19.2. The molecular weight excluding hydrogens is 264 g/mol. The summed E-state index contributed by atoms with van der Waals surface area (Å²) in [6.07, 6.45) is 5.35. The van der Waals surface area contributed by atoms with Crippen molar-refractivity contribution in [2.45, 2.75) is 32.6 Å². The zero-order valence-corrected chi connectivity index (χ0v) is 13.1. The van der Waals surface area contributed by atoms with Crippen LogP contribution < -0.4 is 0 Å². The normalized spacial score (nSPS) is 11.1. The van der Waals surface area contributed by atoms with Crippen molar-refractivity contribution in [3.05, 3.63) is 0 Å². The summed E-state index contributed by atoms with van der Waals surface area (Å²) >= 11 is 1.97. The molecule has 0 aliphatic carbocycles. The van der Waals surface area contributed by atoms with Gasteiger partial charge in [-0.25, -0.2) is 0 Å². The van der Waals surface area contributed by atoms with E-state index in [-0.39, 0.29) is 6.61 Å². The van der Waals surface area contributed by atoms with Crippen molar-refractivity contribution in [1.82, 2.24) is 0 Å². The molecule has 116 valence electrons. The Kier molecular flexibility index (Phi) is 18.4. The summed E-state index contributed by atoms with van der Waals surface area (Å²) in [5.41, 5.74) is 0. The predicted octanol–water partition coefficient (Wildman–Crippen LogP) is 2.34. The number of aliphatic hydroxyl groups excluding tert-OH is 1. The van der Waals surface area contributed by atoms with E-state index in [4.69, 9.17) is 19.3 Å². The van der Waals surface area contributed by atoms with E-state index in [2.05, 4.69) is 6.92 Å². The van der Waals surface area contributed by atoms with Crippen molar-refractivity contribution in [3.63, 3.8) is 0 Å². The predicted molar refractivity (Wildman–Crippen MR) is 81.0 cm³/mol. The van der Waals surface area contributed by atoms with Gasteiger partial charge in [0.25, 0.3) is 0 Å². The highest BCUT2D eigenvalue weighted by Crippen LogP contribution is 2.07. The Labute approximate surface area is 122 Å². The molecule has 0 aromatic heterocycles. The van der Waals surface area contributed by atoms with Gasteiger partial charge in [0.2, 0.25) is 0 Å². The van der Waals surface area contributed by atoms with Crippen LogP contribution in [0.4, 0.5) is 0 Å². The number of thioether (sulfide) groups is 1. The number of aliphatic hydroxyl groups is 1. The molecule has 0 unspecified atom stereocenters. The fourth-order valence-electron chi connectivity index (χ4n) is 1.46. The van der Waals surface area contributed by atoms with Gasteiger partial charge in [-0.05, 0) is 12.2 Å². The topological polar surface area (TPSA) is 47.9 Å². The van der Waals surface area contributed by atoms with E-state index in [1.807, 2.05) is 11.8 Å². The van der Waals surface area contributed by atoms with Crippen molar-refractivity contribution in [2.75, 3.05) is 57.8 Å². The molecule has 0 bridgehead atoms. The minimum atomic E-state index is 0.0687. The molecule has 0 amide bonds. The Balaban J connectivity index is 2.88. The molecule has 19 heavy (non-hydrogen) atoms. The molecule has 0 radical (unpaired) electrons. The van der Waals surface area contributed by atoms with Crippen LogP contribution in [0.3, 0.4) is 0 Å². The van der Waals surface area contributed by atoms with Crippen molar-refractivity contribution in [1.29, 1.82) is 0 Å². The van der Waals surface area contributed by atoms with Crippen LogP contribution in [0.15, 0.2) is 0 Å². The van der Waals surface area contributed by atoms with Gasteiger partial charge in [-0.15, -0.1) is 0 Å². The third-order valence-corrected chi connectivity index (χ3v) is 3.53. The smallest absolute Gasteiger partial charge is 0.0701 e. The third kappa shape index (κ3) is 18.2. The molecule has 0 aliphatic rings. The molecule has 1 N–H and O–H groups in total. The van der Waals surface area contributed by atoms with Crippen LogP contribution in [-0.4, -0.2) is 62.9 Å². The average Bonchev–Trinajstić information content (AvgIpc) is 2.43. The highest BCUT2D eigenvalue weighted by atomic mass is 32.2. The SMILES string of the molecule is CCCCCCSCCOCCOCCOCCO. The van der Waals surface area contributed by atoms with Gasteiger partial charge in [0.05, 0.1) is 46.2 Å². The van der Waals surface area contributed by atoms with Gasteiger partial charge < -0.3 is 19.3 Å². The Morgan fingerprint density at radius 2 is 1.37 bits per heavy atom. The molecule has 0 saturated heterocycles. The van der Waals surface area contributed by atoms with Gasteiger partial charge in [0.1, 0.15) is 0 Å². The van der Waals surface area contributed by atoms with Crippen LogP contribution in [0.2, 0.25) is 0 Å². The Bertz CT molecular complexity index is 142. The van der Waals surface area contributed by atoms with Gasteiger partial charge in [-0.1, -0.05) is 26.2 Å². The van der Waals surface area contributed by atoms with E-state index in [0.717, 1.165) is 12.4 Å². The zero-order chi connectivity index (χ0) is 14.0. The Hall–Kier alpha value is 0.190. The fraction of sp³-hybridized carbons (Fsp3) is 1.00. The summed E-state index contributed by atoms with van der Waals surface area (Å²) in [6, 6.07) is 0. The van der Waals surface area contributed by atoms with Gasteiger partial charge >= 0.3 is 0 Å². The monoisotopic (exact) mass is 294 g/mol. The first-order valence-corrected chi connectivity index (χ1v) is 8.49. The Morgan fingerprint density at radius 1 is 0.737 bits per heavy atom. The van der Waals surface area contributed by atoms with Crippen LogP contribution >= 0.6 is 11.8 Å². The van der Waals surface area contributed by atoms with Crippen LogP contribution in [0, 0.1) is 0 Å². The van der Waals surface area contributed by atoms with Gasteiger partial charge in [0.15, 0.2) is 0 Å². The molecule has 0 saturated carbocycles. The maximum atomic E-state index is 8.48. The number of rotatable bonds is 16. The summed E-state index contributed by atoms with van der Waals surface area (Å²) in [5, 5.41) is 8.48. The molecule has 0 heterocycles. The highest BCUT2D eigenvalue weighted by molar-refractivity contribution is 7.99.